The molecule has 1 saturated carbocycles. The molecule has 0 amide bonds. The van der Waals surface area contributed by atoms with E-state index in [2.05, 4.69) is 6.92 Å². The molecule has 13 heavy (non-hydrogen) atoms. The Balaban J connectivity index is 2.32. The zero-order valence-corrected chi connectivity index (χ0v) is 9.15. The van der Waals surface area contributed by atoms with Gasteiger partial charge in [0.1, 0.15) is 0 Å². The van der Waals surface area contributed by atoms with Crippen molar-refractivity contribution in [3.63, 3.8) is 0 Å². The van der Waals surface area contributed by atoms with Crippen molar-refractivity contribution in [2.75, 3.05) is 0 Å². The van der Waals surface area contributed by atoms with Crippen LogP contribution in [0.3, 0.4) is 0 Å². The molecular formula is C12H25N. The zero-order chi connectivity index (χ0) is 9.57. The fourth-order valence-corrected chi connectivity index (χ4v) is 2.39. The van der Waals surface area contributed by atoms with E-state index in [1.807, 2.05) is 0 Å². The van der Waals surface area contributed by atoms with Crippen molar-refractivity contribution < 1.29 is 0 Å². The Morgan fingerprint density at radius 2 is 1.54 bits per heavy atom. The molecule has 0 aromatic heterocycles. The van der Waals surface area contributed by atoms with E-state index in [1.54, 1.807) is 0 Å². The molecule has 1 aliphatic carbocycles. The van der Waals surface area contributed by atoms with Crippen LogP contribution in [-0.4, -0.2) is 5.54 Å². The third kappa shape index (κ3) is 4.12. The molecule has 0 saturated heterocycles. The fourth-order valence-electron chi connectivity index (χ4n) is 2.39. The molecule has 0 heterocycles. The molecular weight excluding hydrogens is 158 g/mol. The minimum Gasteiger partial charge on any atom is -0.325 e. The van der Waals surface area contributed by atoms with Crippen molar-refractivity contribution in [1.82, 2.24) is 0 Å². The Hall–Kier alpha value is -0.0400. The summed E-state index contributed by atoms with van der Waals surface area (Å²) in [6, 6.07) is 0. The Kier molecular flexibility index (Phi) is 4.79. The van der Waals surface area contributed by atoms with Gasteiger partial charge in [-0.15, -0.1) is 0 Å². The molecule has 2 N–H and O–H groups in total. The molecule has 0 bridgehead atoms. The second kappa shape index (κ2) is 5.64. The minimum atomic E-state index is 0.205. The first kappa shape index (κ1) is 11.0. The van der Waals surface area contributed by atoms with Crippen molar-refractivity contribution in [1.29, 1.82) is 0 Å². The van der Waals surface area contributed by atoms with Crippen LogP contribution < -0.4 is 5.73 Å². The van der Waals surface area contributed by atoms with Gasteiger partial charge >= 0.3 is 0 Å². The third-order valence-corrected chi connectivity index (χ3v) is 3.38. The molecule has 0 atom stereocenters. The minimum absolute atomic E-state index is 0.205. The van der Waals surface area contributed by atoms with Crippen molar-refractivity contribution in [2.24, 2.45) is 5.73 Å². The molecule has 0 aromatic carbocycles. The standard InChI is InChI=1S/C12H25N/c1-2-3-9-12(13)10-7-5-4-6-8-11-12/h2-11,13H2,1H3. The third-order valence-electron chi connectivity index (χ3n) is 3.38. The van der Waals surface area contributed by atoms with Gasteiger partial charge in [0.2, 0.25) is 0 Å². The Morgan fingerprint density at radius 3 is 2.08 bits per heavy atom. The Bertz CT molecular complexity index is 118. The van der Waals surface area contributed by atoms with Gasteiger partial charge in [0.25, 0.3) is 0 Å². The SMILES string of the molecule is CCCCC1(N)CCCCCCC1. The lowest BCUT2D eigenvalue weighted by molar-refractivity contribution is 0.291. The zero-order valence-electron chi connectivity index (χ0n) is 9.15. The predicted molar refractivity (Wildman–Crippen MR) is 58.8 cm³/mol. The highest BCUT2D eigenvalue weighted by Gasteiger charge is 2.24. The normalized spacial score (nSPS) is 23.5. The maximum atomic E-state index is 6.41. The number of unbranched alkanes of at least 4 members (excludes halogenated alkanes) is 1. The van der Waals surface area contributed by atoms with Gasteiger partial charge in [0.15, 0.2) is 0 Å². The van der Waals surface area contributed by atoms with Crippen LogP contribution in [0.4, 0.5) is 0 Å². The van der Waals surface area contributed by atoms with Gasteiger partial charge in [0, 0.05) is 5.54 Å². The van der Waals surface area contributed by atoms with Gasteiger partial charge in [-0.05, 0) is 19.3 Å². The molecule has 0 radical (unpaired) electrons. The van der Waals surface area contributed by atoms with Gasteiger partial charge in [-0.3, -0.25) is 0 Å². The molecule has 1 nitrogen and oxygen atoms in total. The van der Waals surface area contributed by atoms with Gasteiger partial charge in [-0.1, -0.05) is 51.9 Å². The first-order valence-electron chi connectivity index (χ1n) is 6.06. The van der Waals surface area contributed by atoms with Crippen molar-refractivity contribution in [3.05, 3.63) is 0 Å². The highest BCUT2D eigenvalue weighted by Crippen LogP contribution is 2.28. The lowest BCUT2D eigenvalue weighted by atomic mass is 9.81. The lowest BCUT2D eigenvalue weighted by Crippen LogP contribution is -2.40. The van der Waals surface area contributed by atoms with Crippen LogP contribution >= 0.6 is 0 Å². The smallest absolute Gasteiger partial charge is 0.0154 e. The summed E-state index contributed by atoms with van der Waals surface area (Å²) in [7, 11) is 0. The first-order chi connectivity index (χ1) is 6.27. The summed E-state index contributed by atoms with van der Waals surface area (Å²) in [5.41, 5.74) is 6.62. The van der Waals surface area contributed by atoms with E-state index in [0.29, 0.717) is 0 Å². The van der Waals surface area contributed by atoms with Gasteiger partial charge in [-0.25, -0.2) is 0 Å². The lowest BCUT2D eigenvalue weighted by Gasteiger charge is -2.31. The van der Waals surface area contributed by atoms with Gasteiger partial charge < -0.3 is 5.73 Å². The summed E-state index contributed by atoms with van der Waals surface area (Å²) in [5.74, 6) is 0. The highest BCUT2D eigenvalue weighted by molar-refractivity contribution is 4.84. The topological polar surface area (TPSA) is 26.0 Å². The Morgan fingerprint density at radius 1 is 1.00 bits per heavy atom. The van der Waals surface area contributed by atoms with E-state index in [0.717, 1.165) is 0 Å². The largest absolute Gasteiger partial charge is 0.325 e. The summed E-state index contributed by atoms with van der Waals surface area (Å²) >= 11 is 0. The van der Waals surface area contributed by atoms with Crippen LogP contribution in [0.5, 0.6) is 0 Å². The summed E-state index contributed by atoms with van der Waals surface area (Å²) in [5, 5.41) is 0. The molecule has 1 aliphatic rings. The molecule has 0 unspecified atom stereocenters. The summed E-state index contributed by atoms with van der Waals surface area (Å²) in [4.78, 5) is 0. The number of hydrogen-bond donors (Lipinski definition) is 1. The monoisotopic (exact) mass is 183 g/mol. The van der Waals surface area contributed by atoms with Crippen molar-refractivity contribution in [3.8, 4) is 0 Å². The molecule has 0 aliphatic heterocycles. The predicted octanol–water partition coefficient (Wildman–Crippen LogP) is 3.62. The van der Waals surface area contributed by atoms with E-state index < -0.39 is 0 Å². The van der Waals surface area contributed by atoms with Crippen LogP contribution in [0.25, 0.3) is 0 Å². The molecule has 1 rings (SSSR count). The fraction of sp³-hybridized carbons (Fsp3) is 1.00. The van der Waals surface area contributed by atoms with Crippen molar-refractivity contribution in [2.45, 2.75) is 76.7 Å². The number of hydrogen-bond acceptors (Lipinski definition) is 1. The highest BCUT2D eigenvalue weighted by atomic mass is 14.7. The summed E-state index contributed by atoms with van der Waals surface area (Å²) in [6.45, 7) is 2.26. The van der Waals surface area contributed by atoms with E-state index in [-0.39, 0.29) is 5.54 Å². The van der Waals surface area contributed by atoms with Crippen LogP contribution in [-0.2, 0) is 0 Å². The van der Waals surface area contributed by atoms with E-state index >= 15 is 0 Å². The number of rotatable bonds is 3. The quantitative estimate of drug-likeness (QED) is 0.710. The van der Waals surface area contributed by atoms with Crippen LogP contribution in [0.1, 0.15) is 71.1 Å². The van der Waals surface area contributed by atoms with E-state index in [9.17, 15) is 0 Å². The average molecular weight is 183 g/mol. The molecule has 0 spiro atoms. The van der Waals surface area contributed by atoms with Gasteiger partial charge in [-0.2, -0.15) is 0 Å². The van der Waals surface area contributed by atoms with Gasteiger partial charge in [0.05, 0.1) is 0 Å². The summed E-state index contributed by atoms with van der Waals surface area (Å²) in [6.07, 6.45) is 13.4. The molecule has 1 fully saturated rings. The van der Waals surface area contributed by atoms with Crippen LogP contribution in [0.2, 0.25) is 0 Å². The Labute approximate surface area is 83.1 Å². The number of nitrogens with two attached hydrogens (primary N) is 1. The maximum Gasteiger partial charge on any atom is 0.0154 e. The first-order valence-corrected chi connectivity index (χ1v) is 6.06. The van der Waals surface area contributed by atoms with Crippen molar-refractivity contribution >= 4 is 0 Å². The van der Waals surface area contributed by atoms with Crippen LogP contribution in [0, 0.1) is 0 Å². The maximum absolute atomic E-state index is 6.41. The second-order valence-corrected chi connectivity index (χ2v) is 4.73. The van der Waals surface area contributed by atoms with Crippen LogP contribution in [0.15, 0.2) is 0 Å². The molecule has 1 heteroatoms. The van der Waals surface area contributed by atoms with E-state index in [1.165, 1.54) is 64.2 Å². The summed E-state index contributed by atoms with van der Waals surface area (Å²) < 4.78 is 0. The van der Waals surface area contributed by atoms with E-state index in [4.69, 9.17) is 5.73 Å². The molecule has 78 valence electrons. The average Bonchev–Trinajstić information content (AvgIpc) is 2.09. The molecule has 0 aromatic rings. The second-order valence-electron chi connectivity index (χ2n) is 4.73.